The summed E-state index contributed by atoms with van der Waals surface area (Å²) in [4.78, 5) is 0.0963. The quantitative estimate of drug-likeness (QED) is 0.574. The molecule has 0 unspecified atom stereocenters. The molecular formula is C22H23NO4S2. The number of sulfone groups is 1. The van der Waals surface area contributed by atoms with Gasteiger partial charge >= 0.3 is 0 Å². The van der Waals surface area contributed by atoms with Crippen LogP contribution in [-0.2, 0) is 26.3 Å². The lowest BCUT2D eigenvalue weighted by molar-refractivity contribution is 0.472. The summed E-state index contributed by atoms with van der Waals surface area (Å²) in [6, 6.07) is 21.8. The van der Waals surface area contributed by atoms with E-state index in [0.29, 0.717) is 18.5 Å². The molecule has 3 aromatic rings. The largest absolute Gasteiger partial charge is 0.243 e. The maximum absolute atomic E-state index is 13.1. The lowest BCUT2D eigenvalue weighted by Crippen LogP contribution is -2.29. The van der Waals surface area contributed by atoms with Crippen molar-refractivity contribution in [3.8, 4) is 0 Å². The van der Waals surface area contributed by atoms with E-state index in [1.807, 2.05) is 30.3 Å². The Morgan fingerprint density at radius 1 is 0.759 bits per heavy atom. The van der Waals surface area contributed by atoms with Crippen LogP contribution in [0.1, 0.15) is 11.1 Å². The summed E-state index contributed by atoms with van der Waals surface area (Å²) in [5.41, 5.74) is 1.54. The zero-order chi connectivity index (χ0) is 21.1. The molecule has 0 heterocycles. The Morgan fingerprint density at radius 3 is 1.97 bits per heavy atom. The zero-order valence-electron chi connectivity index (χ0n) is 16.3. The topological polar surface area (TPSA) is 71.5 Å². The van der Waals surface area contributed by atoms with Crippen LogP contribution in [0.15, 0.2) is 93.5 Å². The van der Waals surface area contributed by atoms with Gasteiger partial charge in [-0.25, -0.2) is 21.1 Å². The molecule has 0 N–H and O–H groups in total. The summed E-state index contributed by atoms with van der Waals surface area (Å²) >= 11 is 0. The number of benzene rings is 3. The molecule has 0 spiro atoms. The van der Waals surface area contributed by atoms with E-state index >= 15 is 0 Å². The molecule has 3 aromatic carbocycles. The van der Waals surface area contributed by atoms with E-state index < -0.39 is 19.9 Å². The van der Waals surface area contributed by atoms with Crippen molar-refractivity contribution in [1.82, 2.24) is 4.31 Å². The minimum atomic E-state index is -3.84. The van der Waals surface area contributed by atoms with Crippen LogP contribution in [0.25, 0.3) is 0 Å². The molecular weight excluding hydrogens is 406 g/mol. The summed E-state index contributed by atoms with van der Waals surface area (Å²) in [7, 11) is -6.13. The van der Waals surface area contributed by atoms with Crippen LogP contribution in [0.5, 0.6) is 0 Å². The van der Waals surface area contributed by atoms with Crippen molar-refractivity contribution in [2.24, 2.45) is 0 Å². The van der Waals surface area contributed by atoms with Crippen LogP contribution < -0.4 is 0 Å². The Kier molecular flexibility index (Phi) is 6.21. The Balaban J connectivity index is 1.92. The van der Waals surface area contributed by atoms with E-state index in [-0.39, 0.29) is 14.7 Å². The van der Waals surface area contributed by atoms with Gasteiger partial charge in [0.15, 0.2) is 0 Å². The molecule has 0 aliphatic heterocycles. The van der Waals surface area contributed by atoms with Gasteiger partial charge in [0.2, 0.25) is 19.9 Å². The van der Waals surface area contributed by atoms with Crippen molar-refractivity contribution >= 4 is 19.9 Å². The second-order valence-corrected chi connectivity index (χ2v) is 10.8. The molecule has 0 saturated carbocycles. The number of hydrogen-bond donors (Lipinski definition) is 0. The third-order valence-corrected chi connectivity index (χ3v) is 8.54. The molecule has 5 nitrogen and oxygen atoms in total. The highest BCUT2D eigenvalue weighted by atomic mass is 32.2. The highest BCUT2D eigenvalue weighted by Gasteiger charge is 2.26. The number of likely N-dealkylation sites (N-methyl/N-ethyl adjacent to an activating group) is 1. The van der Waals surface area contributed by atoms with Gasteiger partial charge in [-0.15, -0.1) is 0 Å². The van der Waals surface area contributed by atoms with Crippen molar-refractivity contribution in [2.75, 3.05) is 13.6 Å². The Morgan fingerprint density at radius 2 is 1.34 bits per heavy atom. The first kappa shape index (κ1) is 21.2. The first-order valence-electron chi connectivity index (χ1n) is 9.14. The standard InChI is InChI=1S/C22H23NO4S2/c1-18-13-14-21(28(24,25)20-11-7-4-8-12-20)17-22(18)29(26,27)23(2)16-15-19-9-5-3-6-10-19/h3-14,17H,15-16H2,1-2H3. The third kappa shape index (κ3) is 4.58. The lowest BCUT2D eigenvalue weighted by Gasteiger charge is -2.19. The van der Waals surface area contributed by atoms with Gasteiger partial charge < -0.3 is 0 Å². The molecule has 0 saturated heterocycles. The molecule has 0 bridgehead atoms. The molecule has 0 amide bonds. The van der Waals surface area contributed by atoms with Gasteiger partial charge in [0.25, 0.3) is 0 Å². The smallest absolute Gasteiger partial charge is 0.219 e. The summed E-state index contributed by atoms with van der Waals surface area (Å²) in [6.45, 7) is 1.96. The Bertz CT molecular complexity index is 1190. The van der Waals surface area contributed by atoms with E-state index in [1.165, 1.54) is 41.7 Å². The normalized spacial score (nSPS) is 12.2. The second-order valence-electron chi connectivity index (χ2n) is 6.81. The highest BCUT2D eigenvalue weighted by Crippen LogP contribution is 2.27. The summed E-state index contributed by atoms with van der Waals surface area (Å²) < 4.78 is 53.3. The monoisotopic (exact) mass is 429 g/mol. The molecule has 0 aromatic heterocycles. The molecule has 0 fully saturated rings. The van der Waals surface area contributed by atoms with Gasteiger partial charge in [0.05, 0.1) is 14.7 Å². The minimum Gasteiger partial charge on any atom is -0.219 e. The van der Waals surface area contributed by atoms with Crippen LogP contribution in [0.4, 0.5) is 0 Å². The lowest BCUT2D eigenvalue weighted by atomic mass is 10.2. The molecule has 0 atom stereocenters. The van der Waals surface area contributed by atoms with E-state index in [0.717, 1.165) is 5.56 Å². The van der Waals surface area contributed by atoms with Crippen molar-refractivity contribution in [1.29, 1.82) is 0 Å². The highest BCUT2D eigenvalue weighted by molar-refractivity contribution is 7.91. The minimum absolute atomic E-state index is 0.00469. The van der Waals surface area contributed by atoms with Gasteiger partial charge in [-0.2, -0.15) is 0 Å². The van der Waals surface area contributed by atoms with E-state index in [1.54, 1.807) is 25.1 Å². The number of rotatable bonds is 7. The first-order valence-corrected chi connectivity index (χ1v) is 12.1. The van der Waals surface area contributed by atoms with Crippen molar-refractivity contribution in [3.63, 3.8) is 0 Å². The second kappa shape index (κ2) is 8.49. The van der Waals surface area contributed by atoms with Crippen molar-refractivity contribution in [3.05, 3.63) is 90.0 Å². The number of hydrogen-bond acceptors (Lipinski definition) is 4. The number of aryl methyl sites for hydroxylation is 1. The number of sulfonamides is 1. The molecule has 0 radical (unpaired) electrons. The summed E-state index contributed by atoms with van der Waals surface area (Å²) in [5.74, 6) is 0. The van der Waals surface area contributed by atoms with Crippen LogP contribution in [0.2, 0.25) is 0 Å². The fraction of sp³-hybridized carbons (Fsp3) is 0.182. The van der Waals surface area contributed by atoms with Crippen molar-refractivity contribution in [2.45, 2.75) is 28.0 Å². The maximum Gasteiger partial charge on any atom is 0.243 e. The Hall–Kier alpha value is -2.48. The van der Waals surface area contributed by atoms with E-state index in [9.17, 15) is 16.8 Å². The molecule has 0 aliphatic carbocycles. The van der Waals surface area contributed by atoms with Crippen LogP contribution in [-0.4, -0.2) is 34.7 Å². The average Bonchev–Trinajstić information content (AvgIpc) is 2.73. The van der Waals surface area contributed by atoms with Crippen molar-refractivity contribution < 1.29 is 16.8 Å². The number of nitrogens with zero attached hydrogens (tertiary/aromatic N) is 1. The zero-order valence-corrected chi connectivity index (χ0v) is 17.9. The molecule has 7 heteroatoms. The predicted octanol–water partition coefficient (Wildman–Crippen LogP) is 3.69. The summed E-state index contributed by atoms with van der Waals surface area (Å²) in [5, 5.41) is 0. The fourth-order valence-corrected chi connectivity index (χ4v) is 5.78. The third-order valence-electron chi connectivity index (χ3n) is 4.77. The fourth-order valence-electron chi connectivity index (χ4n) is 2.98. The maximum atomic E-state index is 13.1. The van der Waals surface area contributed by atoms with Crippen LogP contribution >= 0.6 is 0 Å². The van der Waals surface area contributed by atoms with E-state index in [2.05, 4.69) is 0 Å². The van der Waals surface area contributed by atoms with Gasteiger partial charge in [0, 0.05) is 13.6 Å². The van der Waals surface area contributed by atoms with Gasteiger partial charge in [0.1, 0.15) is 0 Å². The predicted molar refractivity (Wildman–Crippen MR) is 113 cm³/mol. The Labute approximate surface area is 172 Å². The summed E-state index contributed by atoms with van der Waals surface area (Å²) in [6.07, 6.45) is 0.567. The molecule has 29 heavy (non-hydrogen) atoms. The SMILES string of the molecule is Cc1ccc(S(=O)(=O)c2ccccc2)cc1S(=O)(=O)N(C)CCc1ccccc1. The molecule has 152 valence electrons. The first-order chi connectivity index (χ1) is 13.7. The van der Waals surface area contributed by atoms with Gasteiger partial charge in [-0.05, 0) is 48.7 Å². The van der Waals surface area contributed by atoms with Gasteiger partial charge in [-0.1, -0.05) is 54.6 Å². The van der Waals surface area contributed by atoms with Crippen LogP contribution in [0, 0.1) is 6.92 Å². The van der Waals surface area contributed by atoms with E-state index in [4.69, 9.17) is 0 Å². The average molecular weight is 430 g/mol. The van der Waals surface area contributed by atoms with Gasteiger partial charge in [-0.3, -0.25) is 0 Å². The van der Waals surface area contributed by atoms with Crippen LogP contribution in [0.3, 0.4) is 0 Å². The molecule has 3 rings (SSSR count). The molecule has 0 aliphatic rings.